The third-order valence-electron chi connectivity index (χ3n) is 1.88. The lowest BCUT2D eigenvalue weighted by Crippen LogP contribution is -2.20. The molecule has 0 aromatic carbocycles. The smallest absolute Gasteiger partial charge is 0.396 e. The summed E-state index contributed by atoms with van der Waals surface area (Å²) in [6.07, 6.45) is -0.566. The predicted octanol–water partition coefficient (Wildman–Crippen LogP) is 1.12. The molecule has 1 unspecified atom stereocenters. The molecule has 1 N–H and O–H groups in total. The van der Waals surface area contributed by atoms with Gasteiger partial charge in [-0.2, -0.15) is 0 Å². The van der Waals surface area contributed by atoms with Crippen LogP contribution >= 0.6 is 11.8 Å². The van der Waals surface area contributed by atoms with Gasteiger partial charge in [-0.05, 0) is 20.8 Å². The largest absolute Gasteiger partial charge is 0.459 e. The van der Waals surface area contributed by atoms with Crippen molar-refractivity contribution in [2.24, 2.45) is 0 Å². The molecule has 1 heterocycles. The molecule has 0 radical (unpaired) electrons. The number of rotatable bonds is 8. The summed E-state index contributed by atoms with van der Waals surface area (Å²) in [5.74, 6) is -0.486. The summed E-state index contributed by atoms with van der Waals surface area (Å²) in [4.78, 5) is 11.3. The van der Waals surface area contributed by atoms with E-state index in [1.165, 1.54) is 0 Å². The number of carbonyl (C=O) groups is 1. The van der Waals surface area contributed by atoms with Crippen molar-refractivity contribution in [3.8, 4) is 0 Å². The van der Waals surface area contributed by atoms with Gasteiger partial charge in [-0.1, -0.05) is 16.9 Å². The lowest BCUT2D eigenvalue weighted by atomic mass is 10.4. The van der Waals surface area contributed by atoms with E-state index in [2.05, 4.69) is 10.2 Å². The van der Waals surface area contributed by atoms with Gasteiger partial charge in [0.1, 0.15) is 0 Å². The molecule has 0 saturated heterocycles. The fourth-order valence-electron chi connectivity index (χ4n) is 1.06. The van der Waals surface area contributed by atoms with Crippen LogP contribution in [-0.4, -0.2) is 52.4 Å². The molecular formula is C11H18N2O5S. The number of carbonyl (C=O) groups excluding carboxylic acids is 1. The maximum absolute atomic E-state index is 11.3. The Morgan fingerprint density at radius 3 is 2.84 bits per heavy atom. The molecule has 108 valence electrons. The fourth-order valence-corrected chi connectivity index (χ4v) is 1.73. The summed E-state index contributed by atoms with van der Waals surface area (Å²) in [5, 5.41) is 17.1. The number of thioether (sulfide) groups is 1. The molecule has 0 bridgehead atoms. The molecule has 1 atom stereocenters. The van der Waals surface area contributed by atoms with Crippen molar-refractivity contribution in [2.45, 2.75) is 38.2 Å². The Bertz CT molecular complexity index is 396. The molecule has 1 aromatic rings. The van der Waals surface area contributed by atoms with E-state index in [0.717, 1.165) is 11.8 Å². The Kier molecular flexibility index (Phi) is 6.82. The highest BCUT2D eigenvalue weighted by atomic mass is 32.2. The van der Waals surface area contributed by atoms with Gasteiger partial charge in [0.2, 0.25) is 0 Å². The average molecular weight is 290 g/mol. The Morgan fingerprint density at radius 1 is 1.47 bits per heavy atom. The third kappa shape index (κ3) is 6.04. The highest BCUT2D eigenvalue weighted by molar-refractivity contribution is 7.99. The molecule has 19 heavy (non-hydrogen) atoms. The highest BCUT2D eigenvalue weighted by Crippen LogP contribution is 2.17. The zero-order valence-corrected chi connectivity index (χ0v) is 12.0. The minimum Gasteiger partial charge on any atom is -0.459 e. The van der Waals surface area contributed by atoms with E-state index >= 15 is 0 Å². The standard InChI is InChI=1S/C11H18N2O5S/c1-4-16-10(15)9-12-13-11(18-9)19-6-8(14)5-17-7(2)3/h7-8,14H,4-6H2,1-3H3. The first kappa shape index (κ1) is 15.9. The third-order valence-corrected chi connectivity index (χ3v) is 2.84. The van der Waals surface area contributed by atoms with Crippen LogP contribution < -0.4 is 0 Å². The van der Waals surface area contributed by atoms with Crippen LogP contribution in [-0.2, 0) is 9.47 Å². The number of aliphatic hydroxyl groups excluding tert-OH is 1. The SMILES string of the molecule is CCOC(=O)c1nnc(SCC(O)COC(C)C)o1. The molecule has 7 nitrogen and oxygen atoms in total. The monoisotopic (exact) mass is 290 g/mol. The summed E-state index contributed by atoms with van der Waals surface area (Å²) >= 11 is 1.16. The van der Waals surface area contributed by atoms with E-state index in [4.69, 9.17) is 13.9 Å². The van der Waals surface area contributed by atoms with E-state index in [9.17, 15) is 9.90 Å². The molecule has 0 amide bonds. The Labute approximate surface area is 115 Å². The summed E-state index contributed by atoms with van der Waals surface area (Å²) in [6.45, 7) is 5.96. The van der Waals surface area contributed by atoms with Gasteiger partial charge in [-0.25, -0.2) is 4.79 Å². The highest BCUT2D eigenvalue weighted by Gasteiger charge is 2.17. The van der Waals surface area contributed by atoms with Crippen molar-refractivity contribution in [1.82, 2.24) is 10.2 Å². The summed E-state index contributed by atoms with van der Waals surface area (Å²) in [6, 6.07) is 0. The number of hydrogen-bond donors (Lipinski definition) is 1. The quantitative estimate of drug-likeness (QED) is 0.562. The predicted molar refractivity (Wildman–Crippen MR) is 68.1 cm³/mol. The van der Waals surface area contributed by atoms with Crippen molar-refractivity contribution in [1.29, 1.82) is 0 Å². The van der Waals surface area contributed by atoms with Crippen LogP contribution in [0.4, 0.5) is 0 Å². The van der Waals surface area contributed by atoms with Gasteiger partial charge in [0.05, 0.1) is 25.4 Å². The van der Waals surface area contributed by atoms with Crippen molar-refractivity contribution in [2.75, 3.05) is 19.0 Å². The fraction of sp³-hybridized carbons (Fsp3) is 0.727. The van der Waals surface area contributed by atoms with Crippen LogP contribution in [0.2, 0.25) is 0 Å². The second-order valence-corrected chi connectivity index (χ2v) is 4.91. The molecule has 1 rings (SSSR count). The van der Waals surface area contributed by atoms with E-state index in [-0.39, 0.29) is 30.4 Å². The van der Waals surface area contributed by atoms with E-state index < -0.39 is 12.1 Å². The first-order valence-electron chi connectivity index (χ1n) is 5.96. The van der Waals surface area contributed by atoms with Crippen LogP contribution in [0, 0.1) is 0 Å². The van der Waals surface area contributed by atoms with Gasteiger partial charge in [0.15, 0.2) is 0 Å². The Hall–Kier alpha value is -1.12. The van der Waals surface area contributed by atoms with Crippen molar-refractivity contribution in [3.05, 3.63) is 5.89 Å². The summed E-state index contributed by atoms with van der Waals surface area (Å²) in [5.41, 5.74) is 0. The molecule has 0 fully saturated rings. The number of hydrogen-bond acceptors (Lipinski definition) is 8. The lowest BCUT2D eigenvalue weighted by Gasteiger charge is -2.11. The van der Waals surface area contributed by atoms with Gasteiger partial charge in [-0.3, -0.25) is 0 Å². The normalized spacial score (nSPS) is 12.7. The molecule has 0 aliphatic heterocycles. The van der Waals surface area contributed by atoms with Crippen LogP contribution in [0.15, 0.2) is 9.64 Å². The molecule has 8 heteroatoms. The maximum Gasteiger partial charge on any atom is 0.396 e. The molecule has 1 aromatic heterocycles. The van der Waals surface area contributed by atoms with Gasteiger partial charge < -0.3 is 19.0 Å². The van der Waals surface area contributed by atoms with Crippen LogP contribution in [0.3, 0.4) is 0 Å². The van der Waals surface area contributed by atoms with Crippen LogP contribution in [0.25, 0.3) is 0 Å². The zero-order valence-electron chi connectivity index (χ0n) is 11.2. The summed E-state index contributed by atoms with van der Waals surface area (Å²) < 4.78 is 15.1. The Balaban J connectivity index is 2.35. The molecular weight excluding hydrogens is 272 g/mol. The van der Waals surface area contributed by atoms with Gasteiger partial charge in [0, 0.05) is 5.75 Å². The first-order valence-corrected chi connectivity index (χ1v) is 6.94. The Morgan fingerprint density at radius 2 is 2.21 bits per heavy atom. The molecule has 0 spiro atoms. The topological polar surface area (TPSA) is 94.7 Å². The number of esters is 1. The molecule has 0 aliphatic carbocycles. The van der Waals surface area contributed by atoms with Crippen LogP contribution in [0.5, 0.6) is 0 Å². The van der Waals surface area contributed by atoms with Gasteiger partial charge in [0.25, 0.3) is 5.22 Å². The van der Waals surface area contributed by atoms with E-state index in [0.29, 0.717) is 5.75 Å². The van der Waals surface area contributed by atoms with Crippen molar-refractivity contribution in [3.63, 3.8) is 0 Å². The number of aromatic nitrogens is 2. The van der Waals surface area contributed by atoms with E-state index in [1.807, 2.05) is 13.8 Å². The maximum atomic E-state index is 11.3. The average Bonchev–Trinajstić information content (AvgIpc) is 2.83. The zero-order chi connectivity index (χ0) is 14.3. The van der Waals surface area contributed by atoms with Gasteiger partial charge >= 0.3 is 11.9 Å². The minimum absolute atomic E-state index is 0.0680. The second-order valence-electron chi connectivity index (χ2n) is 3.94. The van der Waals surface area contributed by atoms with Crippen LogP contribution in [0.1, 0.15) is 31.5 Å². The first-order chi connectivity index (χ1) is 9.02. The van der Waals surface area contributed by atoms with Gasteiger partial charge in [-0.15, -0.1) is 5.10 Å². The molecule has 0 saturated carbocycles. The van der Waals surface area contributed by atoms with E-state index in [1.54, 1.807) is 6.92 Å². The summed E-state index contributed by atoms with van der Waals surface area (Å²) in [7, 11) is 0. The van der Waals surface area contributed by atoms with Crippen molar-refractivity contribution < 1.29 is 23.8 Å². The lowest BCUT2D eigenvalue weighted by molar-refractivity contribution is 0.0152. The second kappa shape index (κ2) is 8.13. The number of ether oxygens (including phenoxy) is 2. The molecule has 0 aliphatic rings. The minimum atomic E-state index is -0.648. The van der Waals surface area contributed by atoms with Crippen molar-refractivity contribution >= 4 is 17.7 Å². The number of aliphatic hydroxyl groups is 1. The number of nitrogens with zero attached hydrogens (tertiary/aromatic N) is 2.